The second kappa shape index (κ2) is 4.84. The summed E-state index contributed by atoms with van der Waals surface area (Å²) in [6, 6.07) is -0.0515. The standard InChI is InChI=1S/C14H19F3N2OS/c1-13(2)5-9-11(10(20)6-13)21-12(18-9)19(8-3-4-8)7-14(15,16)17/h8,10,20H,3-7H2,1-2H3. The summed E-state index contributed by atoms with van der Waals surface area (Å²) >= 11 is 1.23. The van der Waals surface area contributed by atoms with E-state index in [1.165, 1.54) is 16.2 Å². The SMILES string of the molecule is CC1(C)Cc2nc(N(CC(F)(F)F)C3CC3)sc2C(O)C1. The fraction of sp³-hybridized carbons (Fsp3) is 0.786. The summed E-state index contributed by atoms with van der Waals surface area (Å²) in [4.78, 5) is 6.54. The van der Waals surface area contributed by atoms with Crippen LogP contribution in [-0.2, 0) is 6.42 Å². The number of hydrogen-bond acceptors (Lipinski definition) is 4. The van der Waals surface area contributed by atoms with Gasteiger partial charge in [-0.3, -0.25) is 0 Å². The first-order chi connectivity index (χ1) is 9.65. The van der Waals surface area contributed by atoms with E-state index in [1.807, 2.05) is 13.8 Å². The van der Waals surface area contributed by atoms with Gasteiger partial charge in [0, 0.05) is 6.04 Å². The van der Waals surface area contributed by atoms with Crippen molar-refractivity contribution in [1.29, 1.82) is 0 Å². The number of fused-ring (bicyclic) bond motifs is 1. The van der Waals surface area contributed by atoms with Crippen LogP contribution in [0.2, 0.25) is 0 Å². The molecule has 1 N–H and O–H groups in total. The number of thiazole rings is 1. The van der Waals surface area contributed by atoms with Crippen LogP contribution in [0.25, 0.3) is 0 Å². The highest BCUT2D eigenvalue weighted by Crippen LogP contribution is 2.46. The number of hydrogen-bond donors (Lipinski definition) is 1. The predicted molar refractivity (Wildman–Crippen MR) is 75.6 cm³/mol. The van der Waals surface area contributed by atoms with Crippen LogP contribution >= 0.6 is 11.3 Å². The topological polar surface area (TPSA) is 36.4 Å². The van der Waals surface area contributed by atoms with Gasteiger partial charge < -0.3 is 10.0 Å². The molecule has 21 heavy (non-hydrogen) atoms. The highest BCUT2D eigenvalue weighted by molar-refractivity contribution is 7.15. The fourth-order valence-electron chi connectivity index (χ4n) is 2.93. The van der Waals surface area contributed by atoms with E-state index in [1.54, 1.807) is 0 Å². The quantitative estimate of drug-likeness (QED) is 0.923. The lowest BCUT2D eigenvalue weighted by Crippen LogP contribution is -2.35. The highest BCUT2D eigenvalue weighted by Gasteiger charge is 2.41. The van der Waals surface area contributed by atoms with Gasteiger partial charge in [0.05, 0.1) is 16.7 Å². The number of aliphatic hydroxyl groups excluding tert-OH is 1. The molecule has 118 valence electrons. The molecule has 0 aromatic carbocycles. The van der Waals surface area contributed by atoms with Crippen molar-refractivity contribution >= 4 is 16.5 Å². The van der Waals surface area contributed by atoms with E-state index in [0.29, 0.717) is 18.0 Å². The van der Waals surface area contributed by atoms with E-state index in [4.69, 9.17) is 0 Å². The van der Waals surface area contributed by atoms with Crippen molar-refractivity contribution in [3.05, 3.63) is 10.6 Å². The molecule has 1 heterocycles. The number of nitrogens with zero attached hydrogens (tertiary/aromatic N) is 2. The van der Waals surface area contributed by atoms with Crippen LogP contribution in [0.1, 0.15) is 49.8 Å². The first-order valence-corrected chi connectivity index (χ1v) is 7.97. The van der Waals surface area contributed by atoms with Crippen LogP contribution in [-0.4, -0.2) is 28.9 Å². The number of rotatable bonds is 3. The van der Waals surface area contributed by atoms with E-state index >= 15 is 0 Å². The van der Waals surface area contributed by atoms with Crippen LogP contribution in [0.5, 0.6) is 0 Å². The summed E-state index contributed by atoms with van der Waals surface area (Å²) in [6.45, 7) is 3.14. The maximum absolute atomic E-state index is 12.7. The van der Waals surface area contributed by atoms with Gasteiger partial charge in [-0.05, 0) is 31.1 Å². The minimum absolute atomic E-state index is 0.0515. The van der Waals surface area contributed by atoms with Crippen molar-refractivity contribution < 1.29 is 18.3 Å². The molecule has 0 radical (unpaired) electrons. The number of aromatic nitrogens is 1. The van der Waals surface area contributed by atoms with Crippen molar-refractivity contribution in [1.82, 2.24) is 4.98 Å². The molecule has 0 bridgehead atoms. The van der Waals surface area contributed by atoms with Crippen LogP contribution in [0.15, 0.2) is 0 Å². The maximum Gasteiger partial charge on any atom is 0.406 e. The van der Waals surface area contributed by atoms with E-state index in [9.17, 15) is 18.3 Å². The number of anilines is 1. The van der Waals surface area contributed by atoms with Gasteiger partial charge in [-0.1, -0.05) is 25.2 Å². The Morgan fingerprint density at radius 1 is 1.38 bits per heavy atom. The van der Waals surface area contributed by atoms with Gasteiger partial charge in [-0.2, -0.15) is 13.2 Å². The second-order valence-corrected chi connectivity index (χ2v) is 7.85. The lowest BCUT2D eigenvalue weighted by Gasteiger charge is -2.31. The molecule has 7 heteroatoms. The summed E-state index contributed by atoms with van der Waals surface area (Å²) in [6.07, 6.45) is -1.93. The third-order valence-electron chi connectivity index (χ3n) is 3.99. The van der Waals surface area contributed by atoms with Crippen LogP contribution < -0.4 is 4.90 Å². The Hall–Kier alpha value is -0.820. The van der Waals surface area contributed by atoms with Crippen molar-refractivity contribution in [3.63, 3.8) is 0 Å². The lowest BCUT2D eigenvalue weighted by molar-refractivity contribution is -0.120. The smallest absolute Gasteiger partial charge is 0.387 e. The molecule has 0 amide bonds. The Bertz CT molecular complexity index is 537. The minimum Gasteiger partial charge on any atom is -0.387 e. The molecule has 0 saturated heterocycles. The predicted octanol–water partition coefficient (Wildman–Crippen LogP) is 3.68. The highest BCUT2D eigenvalue weighted by atomic mass is 32.1. The zero-order valence-corrected chi connectivity index (χ0v) is 12.9. The van der Waals surface area contributed by atoms with Crippen molar-refractivity contribution in [2.45, 2.75) is 57.9 Å². The molecule has 1 aromatic rings. The molecule has 0 spiro atoms. The Balaban J connectivity index is 1.89. The molecule has 1 fully saturated rings. The summed E-state index contributed by atoms with van der Waals surface area (Å²) in [5, 5.41) is 10.6. The fourth-order valence-corrected chi connectivity index (χ4v) is 4.07. The van der Waals surface area contributed by atoms with Crippen LogP contribution in [0.3, 0.4) is 0 Å². The van der Waals surface area contributed by atoms with Gasteiger partial charge in [0.2, 0.25) is 0 Å². The third-order valence-corrected chi connectivity index (χ3v) is 5.23. The molecule has 3 rings (SSSR count). The molecular formula is C14H19F3N2OS. The Morgan fingerprint density at radius 2 is 2.05 bits per heavy atom. The van der Waals surface area contributed by atoms with Gasteiger partial charge in [0.25, 0.3) is 0 Å². The zero-order valence-electron chi connectivity index (χ0n) is 12.1. The zero-order chi connectivity index (χ0) is 15.4. The molecule has 3 nitrogen and oxygen atoms in total. The molecule has 1 unspecified atom stereocenters. The Labute approximate surface area is 125 Å². The second-order valence-electron chi connectivity index (χ2n) is 6.84. The normalized spacial score (nSPS) is 24.8. The summed E-state index contributed by atoms with van der Waals surface area (Å²) in [5.41, 5.74) is 0.707. The lowest BCUT2D eigenvalue weighted by atomic mass is 9.77. The van der Waals surface area contributed by atoms with Gasteiger partial charge in [-0.25, -0.2) is 4.98 Å². The first kappa shape index (κ1) is 15.1. The molecular weight excluding hydrogens is 301 g/mol. The summed E-state index contributed by atoms with van der Waals surface area (Å²) in [7, 11) is 0. The minimum atomic E-state index is -4.23. The first-order valence-electron chi connectivity index (χ1n) is 7.16. The molecule has 1 saturated carbocycles. The molecule has 2 aliphatic rings. The Kier molecular flexibility index (Phi) is 3.48. The number of alkyl halides is 3. The maximum atomic E-state index is 12.7. The van der Waals surface area contributed by atoms with Crippen molar-refractivity contribution in [3.8, 4) is 0 Å². The monoisotopic (exact) mass is 320 g/mol. The van der Waals surface area contributed by atoms with Crippen LogP contribution in [0, 0.1) is 5.41 Å². The number of aliphatic hydroxyl groups is 1. The van der Waals surface area contributed by atoms with Gasteiger partial charge in [-0.15, -0.1) is 0 Å². The van der Waals surface area contributed by atoms with Crippen molar-refractivity contribution in [2.75, 3.05) is 11.4 Å². The van der Waals surface area contributed by atoms with Gasteiger partial charge in [0.1, 0.15) is 6.54 Å². The number of halogens is 3. The van der Waals surface area contributed by atoms with E-state index in [0.717, 1.165) is 23.4 Å². The van der Waals surface area contributed by atoms with Crippen molar-refractivity contribution in [2.24, 2.45) is 5.41 Å². The van der Waals surface area contributed by atoms with E-state index in [-0.39, 0.29) is 11.5 Å². The molecule has 1 aromatic heterocycles. The molecule has 2 aliphatic carbocycles. The van der Waals surface area contributed by atoms with Gasteiger partial charge >= 0.3 is 6.18 Å². The average Bonchev–Trinajstić information content (AvgIpc) is 3.04. The average molecular weight is 320 g/mol. The van der Waals surface area contributed by atoms with E-state index < -0.39 is 18.8 Å². The van der Waals surface area contributed by atoms with Crippen LogP contribution in [0.4, 0.5) is 18.3 Å². The largest absolute Gasteiger partial charge is 0.406 e. The summed E-state index contributed by atoms with van der Waals surface area (Å²) in [5.74, 6) is 0. The van der Waals surface area contributed by atoms with Gasteiger partial charge in [0.15, 0.2) is 5.13 Å². The Morgan fingerprint density at radius 3 is 2.62 bits per heavy atom. The van der Waals surface area contributed by atoms with E-state index in [2.05, 4.69) is 4.98 Å². The third kappa shape index (κ3) is 3.34. The summed E-state index contributed by atoms with van der Waals surface area (Å²) < 4.78 is 38.2. The molecule has 1 atom stereocenters. The molecule has 0 aliphatic heterocycles.